The SMILES string of the molecule is COc1ccccc1/C=C\C(=O)c1ccncc1. The summed E-state index contributed by atoms with van der Waals surface area (Å²) in [6.07, 6.45) is 6.49. The normalized spacial score (nSPS) is 10.5. The summed E-state index contributed by atoms with van der Waals surface area (Å²) in [7, 11) is 1.61. The Morgan fingerprint density at radius 2 is 1.89 bits per heavy atom. The van der Waals surface area contributed by atoms with E-state index < -0.39 is 0 Å². The van der Waals surface area contributed by atoms with Crippen LogP contribution in [0.4, 0.5) is 0 Å². The van der Waals surface area contributed by atoms with Gasteiger partial charge in [-0.25, -0.2) is 0 Å². The summed E-state index contributed by atoms with van der Waals surface area (Å²) in [6.45, 7) is 0. The summed E-state index contributed by atoms with van der Waals surface area (Å²) < 4.78 is 5.21. The van der Waals surface area contributed by atoms with Gasteiger partial charge in [0.15, 0.2) is 5.78 Å². The molecule has 0 spiro atoms. The Labute approximate surface area is 106 Å². The van der Waals surface area contributed by atoms with E-state index >= 15 is 0 Å². The molecule has 3 nitrogen and oxygen atoms in total. The summed E-state index contributed by atoms with van der Waals surface area (Å²) in [6, 6.07) is 10.9. The minimum Gasteiger partial charge on any atom is -0.496 e. The Hall–Kier alpha value is -2.42. The van der Waals surface area contributed by atoms with Crippen LogP contribution in [-0.2, 0) is 0 Å². The third-order valence-corrected chi connectivity index (χ3v) is 2.52. The second-order valence-corrected chi connectivity index (χ2v) is 3.68. The maximum Gasteiger partial charge on any atom is 0.185 e. The Balaban J connectivity index is 2.19. The first-order chi connectivity index (χ1) is 8.81. The molecule has 0 aliphatic rings. The van der Waals surface area contributed by atoms with Crippen molar-refractivity contribution in [2.75, 3.05) is 7.11 Å². The highest BCUT2D eigenvalue weighted by Crippen LogP contribution is 2.18. The smallest absolute Gasteiger partial charge is 0.185 e. The molecule has 0 N–H and O–H groups in total. The molecule has 0 bridgehead atoms. The Morgan fingerprint density at radius 3 is 2.61 bits per heavy atom. The van der Waals surface area contributed by atoms with Gasteiger partial charge < -0.3 is 4.74 Å². The van der Waals surface area contributed by atoms with Crippen molar-refractivity contribution >= 4 is 11.9 Å². The molecule has 0 fully saturated rings. The monoisotopic (exact) mass is 239 g/mol. The van der Waals surface area contributed by atoms with E-state index in [-0.39, 0.29) is 5.78 Å². The molecule has 90 valence electrons. The summed E-state index contributed by atoms with van der Waals surface area (Å²) in [5, 5.41) is 0. The molecule has 0 unspecified atom stereocenters. The molecular formula is C15H13NO2. The first-order valence-electron chi connectivity index (χ1n) is 5.56. The minimum atomic E-state index is -0.0525. The van der Waals surface area contributed by atoms with E-state index in [9.17, 15) is 4.79 Å². The lowest BCUT2D eigenvalue weighted by Crippen LogP contribution is -1.94. The van der Waals surface area contributed by atoms with Crippen LogP contribution in [0.1, 0.15) is 15.9 Å². The van der Waals surface area contributed by atoms with Gasteiger partial charge in [-0.15, -0.1) is 0 Å². The van der Waals surface area contributed by atoms with Crippen molar-refractivity contribution in [3.05, 3.63) is 66.0 Å². The van der Waals surface area contributed by atoms with Crippen LogP contribution in [0.3, 0.4) is 0 Å². The average Bonchev–Trinajstić information content (AvgIpc) is 2.46. The van der Waals surface area contributed by atoms with Gasteiger partial charge in [-0.05, 0) is 30.4 Å². The molecule has 18 heavy (non-hydrogen) atoms. The number of ketones is 1. The number of benzene rings is 1. The Bertz CT molecular complexity index is 562. The van der Waals surface area contributed by atoms with E-state index in [2.05, 4.69) is 4.98 Å². The minimum absolute atomic E-state index is 0.0525. The van der Waals surface area contributed by atoms with Crippen LogP contribution in [0.15, 0.2) is 54.9 Å². The van der Waals surface area contributed by atoms with Crippen LogP contribution < -0.4 is 4.74 Å². The fourth-order valence-corrected chi connectivity index (χ4v) is 1.58. The van der Waals surface area contributed by atoms with Crippen molar-refractivity contribution in [1.82, 2.24) is 4.98 Å². The van der Waals surface area contributed by atoms with Gasteiger partial charge in [0, 0.05) is 23.5 Å². The number of methoxy groups -OCH3 is 1. The van der Waals surface area contributed by atoms with Crippen LogP contribution in [0.25, 0.3) is 6.08 Å². The van der Waals surface area contributed by atoms with Crippen molar-refractivity contribution in [1.29, 1.82) is 0 Å². The number of para-hydroxylation sites is 1. The molecule has 1 aromatic heterocycles. The number of rotatable bonds is 4. The predicted octanol–water partition coefficient (Wildman–Crippen LogP) is 2.99. The van der Waals surface area contributed by atoms with Crippen molar-refractivity contribution in [2.24, 2.45) is 0 Å². The number of carbonyl (C=O) groups excluding carboxylic acids is 1. The van der Waals surface area contributed by atoms with Crippen molar-refractivity contribution in [2.45, 2.75) is 0 Å². The number of carbonyl (C=O) groups is 1. The van der Waals surface area contributed by atoms with E-state index in [0.29, 0.717) is 5.56 Å². The first-order valence-corrected chi connectivity index (χ1v) is 5.56. The number of hydrogen-bond acceptors (Lipinski definition) is 3. The zero-order valence-corrected chi connectivity index (χ0v) is 10.0. The Kier molecular flexibility index (Phi) is 3.86. The van der Waals surface area contributed by atoms with E-state index in [1.807, 2.05) is 24.3 Å². The molecule has 0 amide bonds. The second kappa shape index (κ2) is 5.77. The molecule has 2 aromatic rings. The van der Waals surface area contributed by atoms with E-state index in [1.165, 1.54) is 6.08 Å². The zero-order valence-electron chi connectivity index (χ0n) is 10.0. The van der Waals surface area contributed by atoms with Crippen LogP contribution in [0, 0.1) is 0 Å². The molecule has 1 heterocycles. The summed E-state index contributed by atoms with van der Waals surface area (Å²) in [5.41, 5.74) is 1.50. The third kappa shape index (κ3) is 2.83. The standard InChI is InChI=1S/C15H13NO2/c1-18-15-5-3-2-4-13(15)6-7-14(17)12-8-10-16-11-9-12/h2-11H,1H3/b7-6-. The van der Waals surface area contributed by atoms with Gasteiger partial charge in [0.2, 0.25) is 0 Å². The molecule has 1 aromatic carbocycles. The predicted molar refractivity (Wildman–Crippen MR) is 70.6 cm³/mol. The fraction of sp³-hybridized carbons (Fsp3) is 0.0667. The Morgan fingerprint density at radius 1 is 1.17 bits per heavy atom. The number of hydrogen-bond donors (Lipinski definition) is 0. The lowest BCUT2D eigenvalue weighted by atomic mass is 10.1. The fourth-order valence-electron chi connectivity index (χ4n) is 1.58. The van der Waals surface area contributed by atoms with Crippen molar-refractivity contribution < 1.29 is 9.53 Å². The van der Waals surface area contributed by atoms with E-state index in [4.69, 9.17) is 4.74 Å². The van der Waals surface area contributed by atoms with Crippen molar-refractivity contribution in [3.8, 4) is 5.75 Å². The summed E-state index contributed by atoms with van der Waals surface area (Å²) in [5.74, 6) is 0.694. The van der Waals surface area contributed by atoms with Gasteiger partial charge in [0.05, 0.1) is 7.11 Å². The van der Waals surface area contributed by atoms with Crippen LogP contribution in [0.2, 0.25) is 0 Å². The average molecular weight is 239 g/mol. The van der Waals surface area contributed by atoms with Gasteiger partial charge in [0.1, 0.15) is 5.75 Å². The molecule has 3 heteroatoms. The maximum atomic E-state index is 11.9. The summed E-state index contributed by atoms with van der Waals surface area (Å²) in [4.78, 5) is 15.7. The van der Waals surface area contributed by atoms with E-state index in [0.717, 1.165) is 11.3 Å². The maximum absolute atomic E-state index is 11.9. The molecule has 0 saturated heterocycles. The van der Waals surface area contributed by atoms with Crippen molar-refractivity contribution in [3.63, 3.8) is 0 Å². The number of allylic oxidation sites excluding steroid dienone is 1. The molecular weight excluding hydrogens is 226 g/mol. The van der Waals surface area contributed by atoms with Gasteiger partial charge in [0.25, 0.3) is 0 Å². The molecule has 0 radical (unpaired) electrons. The number of aromatic nitrogens is 1. The van der Waals surface area contributed by atoms with Gasteiger partial charge in [-0.3, -0.25) is 9.78 Å². The summed E-state index contributed by atoms with van der Waals surface area (Å²) >= 11 is 0. The lowest BCUT2D eigenvalue weighted by Gasteiger charge is -2.03. The topological polar surface area (TPSA) is 39.2 Å². The highest BCUT2D eigenvalue weighted by molar-refractivity contribution is 6.06. The number of ether oxygens (including phenoxy) is 1. The van der Waals surface area contributed by atoms with Crippen LogP contribution in [0.5, 0.6) is 5.75 Å². The molecule has 0 atom stereocenters. The van der Waals surface area contributed by atoms with E-state index in [1.54, 1.807) is 37.7 Å². The third-order valence-electron chi connectivity index (χ3n) is 2.52. The highest BCUT2D eigenvalue weighted by Gasteiger charge is 2.01. The molecule has 0 aliphatic heterocycles. The zero-order chi connectivity index (χ0) is 12.8. The van der Waals surface area contributed by atoms with Crippen LogP contribution in [-0.4, -0.2) is 17.9 Å². The highest BCUT2D eigenvalue weighted by atomic mass is 16.5. The van der Waals surface area contributed by atoms with Gasteiger partial charge in [-0.1, -0.05) is 18.2 Å². The second-order valence-electron chi connectivity index (χ2n) is 3.68. The van der Waals surface area contributed by atoms with Gasteiger partial charge in [-0.2, -0.15) is 0 Å². The van der Waals surface area contributed by atoms with Crippen LogP contribution >= 0.6 is 0 Å². The molecule has 0 saturated carbocycles. The first kappa shape index (κ1) is 12.0. The number of pyridine rings is 1. The molecule has 2 rings (SSSR count). The lowest BCUT2D eigenvalue weighted by molar-refractivity contribution is 0.104. The largest absolute Gasteiger partial charge is 0.496 e. The number of nitrogens with zero attached hydrogens (tertiary/aromatic N) is 1. The molecule has 0 aliphatic carbocycles. The quantitative estimate of drug-likeness (QED) is 0.608. The van der Waals surface area contributed by atoms with Gasteiger partial charge >= 0.3 is 0 Å².